The van der Waals surface area contributed by atoms with Crippen LogP contribution in [0.15, 0.2) is 22.7 Å². The maximum atomic E-state index is 5.95. The van der Waals surface area contributed by atoms with Gasteiger partial charge in [0.05, 0.1) is 7.11 Å². The van der Waals surface area contributed by atoms with Gasteiger partial charge in [-0.15, -0.1) is 11.6 Å². The lowest BCUT2D eigenvalue weighted by Gasteiger charge is -2.13. The molecule has 1 aliphatic carbocycles. The van der Waals surface area contributed by atoms with E-state index in [1.54, 1.807) is 7.11 Å². The molecule has 1 saturated carbocycles. The van der Waals surface area contributed by atoms with Gasteiger partial charge in [-0.1, -0.05) is 15.9 Å². The van der Waals surface area contributed by atoms with Crippen LogP contribution in [0.5, 0.6) is 5.75 Å². The number of rotatable bonds is 6. The Hall–Kier alpha value is -0.250. The van der Waals surface area contributed by atoms with E-state index in [4.69, 9.17) is 16.3 Å². The van der Waals surface area contributed by atoms with Gasteiger partial charge < -0.3 is 10.1 Å². The quantitative estimate of drug-likeness (QED) is 0.810. The van der Waals surface area contributed by atoms with Gasteiger partial charge in [-0.25, -0.2) is 0 Å². The Morgan fingerprint density at radius 3 is 2.82 bits per heavy atom. The summed E-state index contributed by atoms with van der Waals surface area (Å²) in [6.45, 7) is 1.84. The molecule has 1 aromatic rings. The topological polar surface area (TPSA) is 21.3 Å². The molecule has 0 atom stereocenters. The number of ether oxygens (including phenoxy) is 1. The van der Waals surface area contributed by atoms with Crippen molar-refractivity contribution in [1.29, 1.82) is 0 Å². The third-order valence-electron chi connectivity index (χ3n) is 3.31. The molecule has 1 aromatic carbocycles. The fourth-order valence-corrected chi connectivity index (χ4v) is 2.56. The Morgan fingerprint density at radius 2 is 2.24 bits per heavy atom. The molecule has 1 N–H and O–H groups in total. The van der Waals surface area contributed by atoms with Gasteiger partial charge in [-0.2, -0.15) is 0 Å². The van der Waals surface area contributed by atoms with Crippen molar-refractivity contribution in [2.75, 3.05) is 19.5 Å². The first-order valence-corrected chi connectivity index (χ1v) is 7.11. The van der Waals surface area contributed by atoms with Crippen LogP contribution < -0.4 is 10.1 Å². The first-order valence-electron chi connectivity index (χ1n) is 5.78. The van der Waals surface area contributed by atoms with Gasteiger partial charge in [-0.05, 0) is 42.0 Å². The Bertz CT molecular complexity index is 393. The van der Waals surface area contributed by atoms with E-state index in [9.17, 15) is 0 Å². The lowest BCUT2D eigenvalue weighted by molar-refractivity contribution is 0.413. The van der Waals surface area contributed by atoms with Gasteiger partial charge in [-0.3, -0.25) is 0 Å². The highest BCUT2D eigenvalue weighted by Crippen LogP contribution is 2.45. The number of alkyl halides is 1. The minimum Gasteiger partial charge on any atom is -0.497 e. The van der Waals surface area contributed by atoms with Crippen molar-refractivity contribution >= 4 is 27.5 Å². The van der Waals surface area contributed by atoms with Crippen molar-refractivity contribution in [3.63, 3.8) is 0 Å². The van der Waals surface area contributed by atoms with Crippen LogP contribution in [0.1, 0.15) is 18.4 Å². The zero-order valence-corrected chi connectivity index (χ0v) is 12.3. The molecule has 0 radical (unpaired) electrons. The molecule has 2 rings (SSSR count). The number of methoxy groups -OCH3 is 1. The van der Waals surface area contributed by atoms with E-state index in [1.165, 1.54) is 18.4 Å². The van der Waals surface area contributed by atoms with E-state index >= 15 is 0 Å². The van der Waals surface area contributed by atoms with Crippen molar-refractivity contribution in [3.8, 4) is 5.75 Å². The van der Waals surface area contributed by atoms with Crippen LogP contribution in [0.25, 0.3) is 0 Å². The third-order valence-corrected chi connectivity index (χ3v) is 4.65. The maximum Gasteiger partial charge on any atom is 0.119 e. The van der Waals surface area contributed by atoms with E-state index in [1.807, 2.05) is 12.1 Å². The summed E-state index contributed by atoms with van der Waals surface area (Å²) in [6.07, 6.45) is 2.51. The molecule has 0 spiro atoms. The molecule has 0 saturated heterocycles. The van der Waals surface area contributed by atoms with Crippen LogP contribution in [0, 0.1) is 5.41 Å². The molecule has 4 heteroatoms. The van der Waals surface area contributed by atoms with Crippen LogP contribution >= 0.6 is 27.5 Å². The molecule has 0 bridgehead atoms. The van der Waals surface area contributed by atoms with Crippen LogP contribution in [0.2, 0.25) is 0 Å². The molecule has 0 amide bonds. The van der Waals surface area contributed by atoms with Gasteiger partial charge in [0.2, 0.25) is 0 Å². The summed E-state index contributed by atoms with van der Waals surface area (Å²) in [4.78, 5) is 0. The zero-order valence-electron chi connectivity index (χ0n) is 9.93. The van der Waals surface area contributed by atoms with E-state index in [-0.39, 0.29) is 0 Å². The smallest absolute Gasteiger partial charge is 0.119 e. The number of halogens is 2. The largest absolute Gasteiger partial charge is 0.497 e. The van der Waals surface area contributed by atoms with Crippen molar-refractivity contribution in [1.82, 2.24) is 5.32 Å². The number of hydrogen-bond donors (Lipinski definition) is 1. The Labute approximate surface area is 116 Å². The van der Waals surface area contributed by atoms with Gasteiger partial charge in [0.1, 0.15) is 5.75 Å². The average molecular weight is 319 g/mol. The van der Waals surface area contributed by atoms with Gasteiger partial charge >= 0.3 is 0 Å². The van der Waals surface area contributed by atoms with E-state index in [0.29, 0.717) is 5.41 Å². The Morgan fingerprint density at radius 1 is 1.47 bits per heavy atom. The first-order chi connectivity index (χ1) is 8.19. The van der Waals surface area contributed by atoms with Crippen LogP contribution in [-0.2, 0) is 6.54 Å². The van der Waals surface area contributed by atoms with Crippen LogP contribution in [0.4, 0.5) is 0 Å². The van der Waals surface area contributed by atoms with Crippen molar-refractivity contribution < 1.29 is 4.74 Å². The minimum atomic E-state index is 0.368. The van der Waals surface area contributed by atoms with Gasteiger partial charge in [0.15, 0.2) is 0 Å². The molecular formula is C13H17BrClNO. The highest BCUT2D eigenvalue weighted by atomic mass is 79.9. The van der Waals surface area contributed by atoms with Gasteiger partial charge in [0, 0.05) is 23.4 Å². The molecule has 17 heavy (non-hydrogen) atoms. The van der Waals surface area contributed by atoms with Crippen LogP contribution in [-0.4, -0.2) is 19.5 Å². The second kappa shape index (κ2) is 5.59. The summed E-state index contributed by atoms with van der Waals surface area (Å²) >= 11 is 9.50. The highest BCUT2D eigenvalue weighted by Gasteiger charge is 2.41. The van der Waals surface area contributed by atoms with Crippen molar-refractivity contribution in [2.45, 2.75) is 19.4 Å². The maximum absolute atomic E-state index is 5.95. The summed E-state index contributed by atoms with van der Waals surface area (Å²) in [5, 5.41) is 3.48. The normalized spacial score (nSPS) is 16.9. The number of benzene rings is 1. The van der Waals surface area contributed by atoms with Crippen molar-refractivity contribution in [3.05, 3.63) is 28.2 Å². The SMILES string of the molecule is COc1ccc(Br)c(CNCC2(CCl)CC2)c1. The summed E-state index contributed by atoms with van der Waals surface area (Å²) in [5.74, 6) is 1.66. The lowest BCUT2D eigenvalue weighted by Crippen LogP contribution is -2.24. The summed E-state index contributed by atoms with van der Waals surface area (Å²) < 4.78 is 6.33. The molecule has 0 aliphatic heterocycles. The molecule has 0 aromatic heterocycles. The minimum absolute atomic E-state index is 0.368. The molecule has 94 valence electrons. The molecule has 1 aliphatic rings. The first kappa shape index (κ1) is 13.2. The molecular weight excluding hydrogens is 302 g/mol. The number of hydrogen-bond acceptors (Lipinski definition) is 2. The fraction of sp³-hybridized carbons (Fsp3) is 0.538. The zero-order chi connectivity index (χ0) is 12.3. The average Bonchev–Trinajstić information content (AvgIpc) is 3.12. The van der Waals surface area contributed by atoms with Crippen LogP contribution in [0.3, 0.4) is 0 Å². The summed E-state index contributed by atoms with van der Waals surface area (Å²) in [6, 6.07) is 6.02. The van der Waals surface area contributed by atoms with E-state index in [2.05, 4.69) is 27.3 Å². The van der Waals surface area contributed by atoms with E-state index in [0.717, 1.165) is 29.2 Å². The van der Waals surface area contributed by atoms with Crippen molar-refractivity contribution in [2.24, 2.45) is 5.41 Å². The molecule has 0 unspecified atom stereocenters. The Balaban J connectivity index is 1.89. The monoisotopic (exact) mass is 317 g/mol. The predicted octanol–water partition coefficient (Wildman–Crippen LogP) is 3.57. The second-order valence-corrected chi connectivity index (χ2v) is 5.82. The summed E-state index contributed by atoms with van der Waals surface area (Å²) in [7, 11) is 1.69. The molecule has 1 fully saturated rings. The summed E-state index contributed by atoms with van der Waals surface area (Å²) in [5.41, 5.74) is 1.59. The standard InChI is InChI=1S/C13H17BrClNO/c1-17-11-2-3-12(14)10(6-11)7-16-9-13(8-15)4-5-13/h2-3,6,16H,4-5,7-9H2,1H3. The lowest BCUT2D eigenvalue weighted by atomic mass is 10.1. The molecule has 0 heterocycles. The second-order valence-electron chi connectivity index (χ2n) is 4.69. The van der Waals surface area contributed by atoms with E-state index < -0.39 is 0 Å². The predicted molar refractivity (Wildman–Crippen MR) is 74.8 cm³/mol. The highest BCUT2D eigenvalue weighted by molar-refractivity contribution is 9.10. The number of nitrogens with one attached hydrogen (secondary N) is 1. The van der Waals surface area contributed by atoms with Gasteiger partial charge in [0.25, 0.3) is 0 Å². The Kier molecular flexibility index (Phi) is 4.34. The fourth-order valence-electron chi connectivity index (χ4n) is 1.81. The molecule has 2 nitrogen and oxygen atoms in total. The third kappa shape index (κ3) is 3.36.